The molecule has 3 aliphatic rings. The average molecular weight is 439 g/mol. The fourth-order valence-electron chi connectivity index (χ4n) is 4.92. The lowest BCUT2D eigenvalue weighted by Crippen LogP contribution is -2.57. The van der Waals surface area contributed by atoms with Gasteiger partial charge in [0.1, 0.15) is 24.3 Å². The smallest absolute Gasteiger partial charge is 0.411 e. The lowest BCUT2D eigenvalue weighted by Gasteiger charge is -2.38. The van der Waals surface area contributed by atoms with Crippen LogP contribution in [0.1, 0.15) is 52.0 Å². The lowest BCUT2D eigenvalue weighted by atomic mass is 9.96. The van der Waals surface area contributed by atoms with Gasteiger partial charge >= 0.3 is 6.09 Å². The van der Waals surface area contributed by atoms with Crippen LogP contribution in [0.5, 0.6) is 0 Å². The van der Waals surface area contributed by atoms with Crippen molar-refractivity contribution in [2.75, 3.05) is 6.54 Å². The summed E-state index contributed by atoms with van der Waals surface area (Å²) in [6.45, 7) is 6.31. The quantitative estimate of drug-likeness (QED) is 0.671. The molecule has 1 aromatic carbocycles. The summed E-state index contributed by atoms with van der Waals surface area (Å²) in [5, 5.41) is 13.8. The van der Waals surface area contributed by atoms with Crippen LogP contribution in [-0.4, -0.2) is 57.8 Å². The summed E-state index contributed by atoms with van der Waals surface area (Å²) in [7, 11) is 0. The van der Waals surface area contributed by atoms with E-state index in [0.717, 1.165) is 17.7 Å². The van der Waals surface area contributed by atoms with Crippen molar-refractivity contribution in [2.24, 2.45) is 11.1 Å². The van der Waals surface area contributed by atoms with Crippen molar-refractivity contribution in [1.29, 1.82) is 5.26 Å². The number of carbonyl (C=O) groups excluding carboxylic acids is 2. The van der Waals surface area contributed by atoms with Crippen LogP contribution in [0.4, 0.5) is 4.79 Å². The number of carbonyl (C=O) groups is 2. The number of rotatable bonds is 4. The number of nitriles is 1. The van der Waals surface area contributed by atoms with Gasteiger partial charge in [0, 0.05) is 6.54 Å². The van der Waals surface area contributed by atoms with Crippen LogP contribution in [0.15, 0.2) is 35.5 Å². The number of likely N-dealkylation sites (tertiary alicyclic amines) is 2. The molecule has 0 N–H and O–H groups in total. The largest absolute Gasteiger partial charge is 0.444 e. The molecule has 8 nitrogen and oxygen atoms in total. The predicted molar refractivity (Wildman–Crippen MR) is 117 cm³/mol. The van der Waals surface area contributed by atoms with E-state index in [0.29, 0.717) is 32.4 Å². The number of ether oxygens (including phenoxy) is 1. The molecule has 0 radical (unpaired) electrons. The van der Waals surface area contributed by atoms with Crippen LogP contribution in [-0.2, 0) is 21.0 Å². The first-order valence-electron chi connectivity index (χ1n) is 11.2. The molecule has 0 unspecified atom stereocenters. The molecule has 2 heterocycles. The van der Waals surface area contributed by atoms with Crippen LogP contribution < -0.4 is 0 Å². The number of hydrogen-bond donors (Lipinski definition) is 0. The Morgan fingerprint density at radius 1 is 1.25 bits per heavy atom. The Hall–Kier alpha value is -3.08. The van der Waals surface area contributed by atoms with Crippen LogP contribution in [0, 0.1) is 17.2 Å². The van der Waals surface area contributed by atoms with Gasteiger partial charge in [0.2, 0.25) is 5.91 Å². The van der Waals surface area contributed by atoms with Crippen LogP contribution in [0.3, 0.4) is 0 Å². The van der Waals surface area contributed by atoms with E-state index in [9.17, 15) is 14.9 Å². The van der Waals surface area contributed by atoms with Gasteiger partial charge in [-0.2, -0.15) is 5.26 Å². The highest BCUT2D eigenvalue weighted by Crippen LogP contribution is 2.43. The van der Waals surface area contributed by atoms with E-state index in [4.69, 9.17) is 9.57 Å². The van der Waals surface area contributed by atoms with Gasteiger partial charge in [0.15, 0.2) is 0 Å². The Bertz CT molecular complexity index is 934. The first-order valence-corrected chi connectivity index (χ1v) is 11.2. The van der Waals surface area contributed by atoms with Gasteiger partial charge in [-0.3, -0.25) is 9.69 Å². The van der Waals surface area contributed by atoms with Crippen LogP contribution >= 0.6 is 0 Å². The number of nitrogens with zero attached hydrogens (tertiary/aromatic N) is 4. The van der Waals surface area contributed by atoms with Crippen molar-refractivity contribution < 1.29 is 19.2 Å². The summed E-state index contributed by atoms with van der Waals surface area (Å²) in [6.07, 6.45) is 2.20. The Labute approximate surface area is 188 Å². The van der Waals surface area contributed by atoms with Crippen molar-refractivity contribution >= 4 is 17.7 Å². The third-order valence-corrected chi connectivity index (χ3v) is 6.26. The SMILES string of the molecule is CC(C)(C)OC(=O)N1[C@@H]2C[C@@H](C/C2=N\OCc2ccccc2)[C@H]1C(=O)N1CCC[C@H]1C#N. The highest BCUT2D eigenvalue weighted by atomic mass is 16.6. The Kier molecular flexibility index (Phi) is 6.09. The van der Waals surface area contributed by atoms with E-state index in [1.54, 1.807) is 30.6 Å². The third kappa shape index (κ3) is 4.43. The molecule has 4 atom stereocenters. The van der Waals surface area contributed by atoms with Gasteiger partial charge in [0.05, 0.1) is 17.8 Å². The van der Waals surface area contributed by atoms with Crippen molar-refractivity contribution in [1.82, 2.24) is 9.80 Å². The molecule has 2 bridgehead atoms. The molecule has 4 rings (SSSR count). The van der Waals surface area contributed by atoms with E-state index in [2.05, 4.69) is 11.2 Å². The van der Waals surface area contributed by atoms with Gasteiger partial charge in [-0.05, 0) is 57.9 Å². The second-order valence-electron chi connectivity index (χ2n) is 9.71. The molecular formula is C24H30N4O4. The van der Waals surface area contributed by atoms with Gasteiger partial charge in [-0.1, -0.05) is 35.5 Å². The third-order valence-electron chi connectivity index (χ3n) is 6.26. The van der Waals surface area contributed by atoms with E-state index >= 15 is 0 Å². The molecule has 2 amide bonds. The van der Waals surface area contributed by atoms with E-state index in [1.165, 1.54) is 0 Å². The fourth-order valence-corrected chi connectivity index (χ4v) is 4.92. The highest BCUT2D eigenvalue weighted by Gasteiger charge is 2.57. The zero-order valence-electron chi connectivity index (χ0n) is 18.9. The Morgan fingerprint density at radius 2 is 2.00 bits per heavy atom. The lowest BCUT2D eigenvalue weighted by molar-refractivity contribution is -0.137. The summed E-state index contributed by atoms with van der Waals surface area (Å²) in [5.41, 5.74) is 1.09. The van der Waals surface area contributed by atoms with Crippen LogP contribution in [0.25, 0.3) is 0 Å². The minimum atomic E-state index is -0.684. The molecule has 1 aliphatic carbocycles. The molecule has 170 valence electrons. The minimum absolute atomic E-state index is 0.0564. The molecule has 0 spiro atoms. The topological polar surface area (TPSA) is 95.2 Å². The number of hydrogen-bond acceptors (Lipinski definition) is 6. The van der Waals surface area contributed by atoms with Gasteiger partial charge in [-0.15, -0.1) is 0 Å². The zero-order valence-corrected chi connectivity index (χ0v) is 18.9. The predicted octanol–water partition coefficient (Wildman–Crippen LogP) is 3.47. The molecule has 2 saturated heterocycles. The van der Waals surface area contributed by atoms with Crippen LogP contribution in [0.2, 0.25) is 0 Å². The number of benzene rings is 1. The zero-order chi connectivity index (χ0) is 22.9. The van der Waals surface area contributed by atoms with Gasteiger partial charge in [0.25, 0.3) is 0 Å². The second-order valence-corrected chi connectivity index (χ2v) is 9.71. The minimum Gasteiger partial charge on any atom is -0.444 e. The number of oxime groups is 1. The molecule has 2 aliphatic heterocycles. The maximum atomic E-state index is 13.4. The molecule has 1 aromatic rings. The number of piperidine rings is 1. The standard InChI is InChI=1S/C24H30N4O4/c1-24(2,3)32-23(30)28-20-13-17(21(28)22(29)27-11-7-10-18(27)14-25)12-19(20)26-31-15-16-8-5-4-6-9-16/h4-6,8-9,17-18,20-21H,7,10-13,15H2,1-3H3/b26-19+/t17-,18+,20-,21+/m1/s1. The second kappa shape index (κ2) is 8.81. The molecule has 8 heteroatoms. The molecule has 1 saturated carbocycles. The van der Waals surface area contributed by atoms with Crippen molar-refractivity contribution in [3.05, 3.63) is 35.9 Å². The van der Waals surface area contributed by atoms with Gasteiger partial charge in [-0.25, -0.2) is 4.79 Å². The summed E-state index contributed by atoms with van der Waals surface area (Å²) < 4.78 is 5.65. The maximum absolute atomic E-state index is 13.4. The van der Waals surface area contributed by atoms with Crippen molar-refractivity contribution in [3.8, 4) is 6.07 Å². The molecule has 0 aromatic heterocycles. The molecule has 3 fully saturated rings. The number of fused-ring (bicyclic) bond motifs is 2. The molecule has 32 heavy (non-hydrogen) atoms. The highest BCUT2D eigenvalue weighted by molar-refractivity contribution is 6.00. The van der Waals surface area contributed by atoms with E-state index in [-0.39, 0.29) is 17.9 Å². The average Bonchev–Trinajstić information content (AvgIpc) is 3.46. The molecular weight excluding hydrogens is 408 g/mol. The van der Waals surface area contributed by atoms with Crippen molar-refractivity contribution in [2.45, 2.75) is 76.8 Å². The normalized spacial score (nSPS) is 28.1. The first-order chi connectivity index (χ1) is 15.3. The summed E-state index contributed by atoms with van der Waals surface area (Å²) >= 11 is 0. The Balaban J connectivity index is 1.54. The summed E-state index contributed by atoms with van der Waals surface area (Å²) in [5.74, 6) is -0.212. The maximum Gasteiger partial charge on any atom is 0.411 e. The fraction of sp³-hybridized carbons (Fsp3) is 0.583. The first kappa shape index (κ1) is 22.1. The number of amides is 2. The summed E-state index contributed by atoms with van der Waals surface area (Å²) in [4.78, 5) is 35.3. The Morgan fingerprint density at radius 3 is 2.69 bits per heavy atom. The van der Waals surface area contributed by atoms with Crippen molar-refractivity contribution in [3.63, 3.8) is 0 Å². The van der Waals surface area contributed by atoms with E-state index in [1.807, 2.05) is 30.3 Å². The summed E-state index contributed by atoms with van der Waals surface area (Å²) in [6, 6.07) is 10.6. The van der Waals surface area contributed by atoms with E-state index < -0.39 is 23.8 Å². The monoisotopic (exact) mass is 438 g/mol. The van der Waals surface area contributed by atoms with Gasteiger partial charge < -0.3 is 14.5 Å².